The average molecular weight is 567 g/mol. The van der Waals surface area contributed by atoms with Crippen LogP contribution < -0.4 is 0 Å². The van der Waals surface area contributed by atoms with Crippen molar-refractivity contribution in [1.29, 1.82) is 0 Å². The Balaban J connectivity index is 1.58. The summed E-state index contributed by atoms with van der Waals surface area (Å²) < 4.78 is 10.4. The molecule has 0 aliphatic carbocycles. The molecule has 0 unspecified atom stereocenters. The zero-order valence-corrected chi connectivity index (χ0v) is 23.9. The van der Waals surface area contributed by atoms with Crippen LogP contribution in [0.1, 0.15) is 43.0 Å². The van der Waals surface area contributed by atoms with E-state index in [2.05, 4.69) is 35.8 Å². The van der Waals surface area contributed by atoms with Crippen molar-refractivity contribution >= 4 is 65.8 Å². The third-order valence-corrected chi connectivity index (χ3v) is 8.41. The Morgan fingerprint density at radius 2 is 0.909 bits per heavy atom. The van der Waals surface area contributed by atoms with E-state index < -0.39 is 11.9 Å². The van der Waals surface area contributed by atoms with Crippen molar-refractivity contribution in [3.05, 3.63) is 130 Å². The normalized spacial score (nSPS) is 11.2. The SMILES string of the molecule is COC(=O)c1c(C(=O)OC)c2ccc3cc(C#Cc4ccccc4)c4c(C#Cc5ccccc5)cc5ccc1c1c5c4c3c21. The predicted octanol–water partition coefficient (Wildman–Crippen LogP) is 8.14. The summed E-state index contributed by atoms with van der Waals surface area (Å²) in [6.07, 6.45) is 0. The zero-order valence-electron chi connectivity index (χ0n) is 23.9. The number of hydrogen-bond acceptors (Lipinski definition) is 4. The molecule has 44 heavy (non-hydrogen) atoms. The van der Waals surface area contributed by atoms with Gasteiger partial charge in [0.05, 0.1) is 25.3 Å². The first kappa shape index (κ1) is 25.6. The molecule has 8 rings (SSSR count). The summed E-state index contributed by atoms with van der Waals surface area (Å²) in [7, 11) is 2.65. The molecule has 206 valence electrons. The van der Waals surface area contributed by atoms with Gasteiger partial charge in [-0.05, 0) is 79.5 Å². The van der Waals surface area contributed by atoms with Gasteiger partial charge in [-0.25, -0.2) is 9.59 Å². The average Bonchev–Trinajstić information content (AvgIpc) is 3.44. The second kappa shape index (κ2) is 9.73. The Labute approximate surface area is 252 Å². The minimum Gasteiger partial charge on any atom is -0.465 e. The van der Waals surface area contributed by atoms with E-state index in [1.807, 2.05) is 84.9 Å². The van der Waals surface area contributed by atoms with E-state index in [9.17, 15) is 9.59 Å². The maximum Gasteiger partial charge on any atom is 0.339 e. The van der Waals surface area contributed by atoms with Crippen molar-refractivity contribution in [3.63, 3.8) is 0 Å². The predicted molar refractivity (Wildman–Crippen MR) is 175 cm³/mol. The molecule has 0 spiro atoms. The quantitative estimate of drug-likeness (QED) is 0.120. The molecule has 0 N–H and O–H groups in total. The van der Waals surface area contributed by atoms with Gasteiger partial charge in [0.25, 0.3) is 0 Å². The van der Waals surface area contributed by atoms with E-state index in [4.69, 9.17) is 9.47 Å². The van der Waals surface area contributed by atoms with E-state index in [-0.39, 0.29) is 11.1 Å². The van der Waals surface area contributed by atoms with Gasteiger partial charge < -0.3 is 9.47 Å². The van der Waals surface area contributed by atoms with E-state index >= 15 is 0 Å². The van der Waals surface area contributed by atoms with E-state index in [1.54, 1.807) is 0 Å². The third kappa shape index (κ3) is 3.62. The smallest absolute Gasteiger partial charge is 0.339 e. The Morgan fingerprint density at radius 3 is 1.32 bits per heavy atom. The molecule has 0 radical (unpaired) electrons. The fourth-order valence-corrected chi connectivity index (χ4v) is 6.61. The summed E-state index contributed by atoms with van der Waals surface area (Å²) in [4.78, 5) is 26.6. The number of carbonyl (C=O) groups excluding carboxylic acids is 2. The van der Waals surface area contributed by atoms with E-state index in [0.717, 1.165) is 65.3 Å². The Morgan fingerprint density at radius 1 is 0.477 bits per heavy atom. The van der Waals surface area contributed by atoms with E-state index in [1.165, 1.54) is 14.2 Å². The number of ether oxygens (including phenoxy) is 2. The molecule has 0 amide bonds. The topological polar surface area (TPSA) is 52.6 Å². The number of methoxy groups -OCH3 is 2. The maximum atomic E-state index is 13.3. The van der Waals surface area contributed by atoms with Crippen LogP contribution in [0, 0.1) is 23.7 Å². The highest BCUT2D eigenvalue weighted by molar-refractivity contribution is 6.47. The molecule has 0 aliphatic rings. The van der Waals surface area contributed by atoms with Crippen LogP contribution in [0.4, 0.5) is 0 Å². The number of benzene rings is 7. The fraction of sp³-hybridized carbons (Fsp3) is 0.0500. The zero-order chi connectivity index (χ0) is 29.9. The number of esters is 2. The van der Waals surface area contributed by atoms with Gasteiger partial charge in [0.2, 0.25) is 0 Å². The molecular weight excluding hydrogens is 544 g/mol. The summed E-state index contributed by atoms with van der Waals surface area (Å²) in [5.41, 5.74) is 3.98. The maximum absolute atomic E-state index is 13.3. The van der Waals surface area contributed by atoms with Crippen LogP contribution >= 0.6 is 0 Å². The highest BCUT2D eigenvalue weighted by atomic mass is 16.5. The lowest BCUT2D eigenvalue weighted by molar-refractivity contribution is 0.0559. The lowest BCUT2D eigenvalue weighted by Crippen LogP contribution is -2.13. The molecule has 0 heterocycles. The number of hydrogen-bond donors (Lipinski definition) is 0. The second-order valence-electron chi connectivity index (χ2n) is 10.7. The van der Waals surface area contributed by atoms with Crippen LogP contribution in [0.5, 0.6) is 0 Å². The molecule has 4 heteroatoms. The van der Waals surface area contributed by atoms with Gasteiger partial charge in [-0.1, -0.05) is 84.3 Å². The summed E-state index contributed by atoms with van der Waals surface area (Å²) in [6, 6.07) is 31.8. The molecule has 0 aliphatic heterocycles. The highest BCUT2D eigenvalue weighted by Gasteiger charge is 2.31. The highest BCUT2D eigenvalue weighted by Crippen LogP contribution is 2.51. The van der Waals surface area contributed by atoms with Crippen LogP contribution in [0.3, 0.4) is 0 Å². The largest absolute Gasteiger partial charge is 0.465 e. The third-order valence-electron chi connectivity index (χ3n) is 8.41. The first-order valence-corrected chi connectivity index (χ1v) is 14.2. The van der Waals surface area contributed by atoms with Crippen molar-refractivity contribution < 1.29 is 19.1 Å². The Kier molecular flexibility index (Phi) is 5.66. The van der Waals surface area contributed by atoms with Crippen LogP contribution in [0.2, 0.25) is 0 Å². The van der Waals surface area contributed by atoms with Gasteiger partial charge in [0.15, 0.2) is 0 Å². The van der Waals surface area contributed by atoms with Crippen molar-refractivity contribution in [3.8, 4) is 23.7 Å². The molecule has 0 fully saturated rings. The summed E-state index contributed by atoms with van der Waals surface area (Å²) in [5, 5.41) is 9.16. The molecule has 8 aromatic rings. The summed E-state index contributed by atoms with van der Waals surface area (Å²) >= 11 is 0. The van der Waals surface area contributed by atoms with Crippen molar-refractivity contribution in [2.75, 3.05) is 14.2 Å². The Hall–Kier alpha value is -6.10. The second-order valence-corrected chi connectivity index (χ2v) is 10.7. The van der Waals surface area contributed by atoms with Crippen LogP contribution in [0.25, 0.3) is 53.9 Å². The van der Waals surface area contributed by atoms with Gasteiger partial charge in [-0.3, -0.25) is 0 Å². The number of carbonyl (C=O) groups is 2. The van der Waals surface area contributed by atoms with Gasteiger partial charge in [0, 0.05) is 33.0 Å². The van der Waals surface area contributed by atoms with Crippen LogP contribution in [-0.4, -0.2) is 26.2 Å². The Bertz CT molecular complexity index is 2360. The van der Waals surface area contributed by atoms with Gasteiger partial charge in [-0.2, -0.15) is 0 Å². The molecular formula is C40H22O4. The molecule has 0 atom stereocenters. The summed E-state index contributed by atoms with van der Waals surface area (Å²) in [5.74, 6) is 12.4. The molecule has 0 saturated heterocycles. The first-order valence-electron chi connectivity index (χ1n) is 14.2. The first-order chi connectivity index (χ1) is 21.6. The van der Waals surface area contributed by atoms with Crippen molar-refractivity contribution in [1.82, 2.24) is 0 Å². The minimum absolute atomic E-state index is 0.209. The molecule has 0 bridgehead atoms. The molecule has 0 saturated carbocycles. The summed E-state index contributed by atoms with van der Waals surface area (Å²) in [6.45, 7) is 0. The molecule has 4 nitrogen and oxygen atoms in total. The lowest BCUT2D eigenvalue weighted by Gasteiger charge is -2.14. The van der Waals surface area contributed by atoms with Crippen LogP contribution in [0.15, 0.2) is 97.1 Å². The minimum atomic E-state index is -0.585. The van der Waals surface area contributed by atoms with E-state index in [0.29, 0.717) is 10.8 Å². The number of rotatable bonds is 2. The molecule has 0 aromatic heterocycles. The van der Waals surface area contributed by atoms with Gasteiger partial charge in [0.1, 0.15) is 0 Å². The van der Waals surface area contributed by atoms with Gasteiger partial charge >= 0.3 is 11.9 Å². The fourth-order valence-electron chi connectivity index (χ4n) is 6.61. The van der Waals surface area contributed by atoms with Gasteiger partial charge in [-0.15, -0.1) is 0 Å². The lowest BCUT2D eigenvalue weighted by atomic mass is 9.90. The van der Waals surface area contributed by atoms with Crippen molar-refractivity contribution in [2.45, 2.75) is 0 Å². The monoisotopic (exact) mass is 566 g/mol. The van der Waals surface area contributed by atoms with Crippen molar-refractivity contribution in [2.24, 2.45) is 0 Å². The van der Waals surface area contributed by atoms with Crippen LogP contribution in [-0.2, 0) is 9.47 Å². The standard InChI is InChI=1S/C40H22O4/c1-43-39(41)36-29-19-17-27-21-25(15-13-23-9-5-3-6-10-23)31-26(16-14-24-11-7-4-8-12-24)22-28-18-20-30(37(36)40(42)44-2)35-33(28)38(31)32(27)34(29)35/h3-12,17-22H,1-2H3. The molecule has 8 aromatic carbocycles.